The van der Waals surface area contributed by atoms with Crippen molar-refractivity contribution in [3.05, 3.63) is 59.1 Å². The fourth-order valence-electron chi connectivity index (χ4n) is 2.33. The Morgan fingerprint density at radius 2 is 2.00 bits per heavy atom. The van der Waals surface area contributed by atoms with E-state index in [0.29, 0.717) is 35.2 Å². The first-order chi connectivity index (χ1) is 12.2. The van der Waals surface area contributed by atoms with Gasteiger partial charge in [0.1, 0.15) is 5.76 Å². The highest BCUT2D eigenvalue weighted by molar-refractivity contribution is 5.77. The molecule has 0 aliphatic heterocycles. The van der Waals surface area contributed by atoms with Crippen molar-refractivity contribution in [3.8, 4) is 6.19 Å². The van der Waals surface area contributed by atoms with Gasteiger partial charge in [0.05, 0.1) is 27.0 Å². The van der Waals surface area contributed by atoms with Crippen LogP contribution in [0.5, 0.6) is 0 Å². The standard InChI is InChI=1S/C18H21N3O4/c1-22-15-10-9-13(11-16(23-2)17(15)24-3)21-18(20-12-19)25-14-7-5-4-6-8-14/h5,7-8,10-11H,4,6,9H2,1-3H3,(H,20,21). The molecule has 0 aromatic carbocycles. The number of nitrogens with one attached hydrogen (secondary N) is 1. The lowest BCUT2D eigenvalue weighted by Crippen LogP contribution is -2.21. The van der Waals surface area contributed by atoms with Crippen molar-refractivity contribution in [2.75, 3.05) is 21.3 Å². The Morgan fingerprint density at radius 3 is 2.60 bits per heavy atom. The average molecular weight is 343 g/mol. The monoisotopic (exact) mass is 343 g/mol. The van der Waals surface area contributed by atoms with Crippen molar-refractivity contribution in [2.45, 2.75) is 19.3 Å². The van der Waals surface area contributed by atoms with Gasteiger partial charge in [-0.15, -0.1) is 0 Å². The van der Waals surface area contributed by atoms with E-state index in [-0.39, 0.29) is 6.02 Å². The SMILES string of the molecule is COC1=CCC(N=C(NC#N)OC2=CCCC=C2)=CC(OC)=C1OC. The van der Waals surface area contributed by atoms with E-state index in [4.69, 9.17) is 24.2 Å². The number of allylic oxidation sites excluding steroid dienone is 5. The molecule has 0 heterocycles. The number of hydrogen-bond donors (Lipinski definition) is 1. The second-order valence-corrected chi connectivity index (χ2v) is 5.06. The van der Waals surface area contributed by atoms with Crippen LogP contribution in [-0.2, 0) is 18.9 Å². The smallest absolute Gasteiger partial charge is 0.308 e. The second-order valence-electron chi connectivity index (χ2n) is 5.06. The summed E-state index contributed by atoms with van der Waals surface area (Å²) in [6, 6.07) is 0.0928. The van der Waals surface area contributed by atoms with Crippen molar-refractivity contribution in [2.24, 2.45) is 4.99 Å². The van der Waals surface area contributed by atoms with Gasteiger partial charge >= 0.3 is 6.02 Å². The predicted molar refractivity (Wildman–Crippen MR) is 92.6 cm³/mol. The summed E-state index contributed by atoms with van der Waals surface area (Å²) in [5.41, 5.74) is 0.622. The fraction of sp³-hybridized carbons (Fsp3) is 0.333. The number of hydrogen-bond acceptors (Lipinski definition) is 6. The zero-order valence-corrected chi connectivity index (χ0v) is 14.5. The molecule has 0 aromatic heterocycles. The molecule has 0 fully saturated rings. The summed E-state index contributed by atoms with van der Waals surface area (Å²) in [4.78, 5) is 4.39. The van der Waals surface area contributed by atoms with E-state index in [9.17, 15) is 0 Å². The maximum absolute atomic E-state index is 8.94. The third-order valence-corrected chi connectivity index (χ3v) is 3.47. The van der Waals surface area contributed by atoms with Crippen LogP contribution in [0.3, 0.4) is 0 Å². The Balaban J connectivity index is 2.32. The van der Waals surface area contributed by atoms with Crippen LogP contribution in [0.2, 0.25) is 0 Å². The molecule has 2 aliphatic carbocycles. The van der Waals surface area contributed by atoms with Gasteiger partial charge in [0.25, 0.3) is 0 Å². The molecule has 7 nitrogen and oxygen atoms in total. The van der Waals surface area contributed by atoms with Crippen LogP contribution in [0, 0.1) is 11.5 Å². The molecule has 7 heteroatoms. The van der Waals surface area contributed by atoms with Crippen molar-refractivity contribution in [3.63, 3.8) is 0 Å². The molecule has 0 amide bonds. The summed E-state index contributed by atoms with van der Waals surface area (Å²) >= 11 is 0. The van der Waals surface area contributed by atoms with Gasteiger partial charge in [-0.05, 0) is 31.1 Å². The summed E-state index contributed by atoms with van der Waals surface area (Å²) in [6.07, 6.45) is 13.5. The van der Waals surface area contributed by atoms with E-state index in [2.05, 4.69) is 10.3 Å². The van der Waals surface area contributed by atoms with Gasteiger partial charge < -0.3 is 18.9 Å². The third-order valence-electron chi connectivity index (χ3n) is 3.47. The highest BCUT2D eigenvalue weighted by Gasteiger charge is 2.18. The van der Waals surface area contributed by atoms with Crippen molar-refractivity contribution < 1.29 is 18.9 Å². The van der Waals surface area contributed by atoms with Crippen LogP contribution in [-0.4, -0.2) is 27.4 Å². The van der Waals surface area contributed by atoms with Crippen LogP contribution >= 0.6 is 0 Å². The Kier molecular flexibility index (Phi) is 6.72. The minimum absolute atomic E-state index is 0.0928. The first kappa shape index (κ1) is 18.2. The number of rotatable bonds is 5. The molecule has 2 rings (SSSR count). The Hall–Kier alpha value is -3.14. The molecule has 2 aliphatic rings. The van der Waals surface area contributed by atoms with Gasteiger partial charge in [-0.1, -0.05) is 6.08 Å². The molecule has 0 saturated carbocycles. The van der Waals surface area contributed by atoms with Crippen LogP contribution in [0.1, 0.15) is 19.3 Å². The zero-order chi connectivity index (χ0) is 18.1. The number of nitrogens with zero attached hydrogens (tertiary/aromatic N) is 2. The van der Waals surface area contributed by atoms with E-state index < -0.39 is 0 Å². The van der Waals surface area contributed by atoms with Gasteiger partial charge in [-0.2, -0.15) is 5.26 Å². The molecule has 132 valence electrons. The van der Waals surface area contributed by atoms with Gasteiger partial charge in [-0.3, -0.25) is 0 Å². The first-order valence-electron chi connectivity index (χ1n) is 7.77. The van der Waals surface area contributed by atoms with E-state index in [0.717, 1.165) is 12.8 Å². The highest BCUT2D eigenvalue weighted by atomic mass is 16.5. The number of amidine groups is 1. The third kappa shape index (κ3) is 4.91. The Bertz CT molecular complexity index is 721. The predicted octanol–water partition coefficient (Wildman–Crippen LogP) is 2.99. The van der Waals surface area contributed by atoms with Crippen LogP contribution in [0.15, 0.2) is 64.1 Å². The van der Waals surface area contributed by atoms with Crippen LogP contribution in [0.4, 0.5) is 0 Å². The molecule has 1 N–H and O–H groups in total. The fourth-order valence-corrected chi connectivity index (χ4v) is 2.33. The number of aliphatic imine (C=N–C) groups is 1. The normalized spacial score (nSPS) is 17.5. The summed E-state index contributed by atoms with van der Waals surface area (Å²) < 4.78 is 21.7. The van der Waals surface area contributed by atoms with E-state index >= 15 is 0 Å². The van der Waals surface area contributed by atoms with Crippen LogP contribution < -0.4 is 5.32 Å². The molecular weight excluding hydrogens is 322 g/mol. The lowest BCUT2D eigenvalue weighted by Gasteiger charge is -2.11. The van der Waals surface area contributed by atoms with Gasteiger partial charge in [0.15, 0.2) is 17.7 Å². The van der Waals surface area contributed by atoms with E-state index in [1.807, 2.05) is 30.5 Å². The molecule has 0 saturated heterocycles. The minimum Gasteiger partial charge on any atom is -0.493 e. The number of ether oxygens (including phenoxy) is 4. The van der Waals surface area contributed by atoms with Crippen molar-refractivity contribution >= 4 is 6.02 Å². The Labute approximate surface area is 147 Å². The lowest BCUT2D eigenvalue weighted by molar-refractivity contribution is 0.191. The lowest BCUT2D eigenvalue weighted by atomic mass is 10.2. The molecule has 0 aromatic rings. The van der Waals surface area contributed by atoms with Crippen LogP contribution in [0.25, 0.3) is 0 Å². The molecule has 0 atom stereocenters. The second kappa shape index (κ2) is 9.23. The topological polar surface area (TPSA) is 85.1 Å². The summed E-state index contributed by atoms with van der Waals surface area (Å²) in [5, 5.41) is 11.4. The quantitative estimate of drug-likeness (QED) is 0.357. The maximum atomic E-state index is 8.94. The average Bonchev–Trinajstić information content (AvgIpc) is 2.81. The molecule has 0 unspecified atom stereocenters. The van der Waals surface area contributed by atoms with E-state index in [1.54, 1.807) is 13.2 Å². The first-order valence-corrected chi connectivity index (χ1v) is 7.77. The maximum Gasteiger partial charge on any atom is 0.308 e. The van der Waals surface area contributed by atoms with E-state index in [1.165, 1.54) is 14.2 Å². The van der Waals surface area contributed by atoms with Gasteiger partial charge in [0.2, 0.25) is 5.76 Å². The molecule has 0 radical (unpaired) electrons. The minimum atomic E-state index is 0.0928. The van der Waals surface area contributed by atoms with Crippen molar-refractivity contribution in [1.29, 1.82) is 5.26 Å². The van der Waals surface area contributed by atoms with Gasteiger partial charge in [-0.25, -0.2) is 10.3 Å². The number of methoxy groups -OCH3 is 3. The molecule has 0 bridgehead atoms. The summed E-state index contributed by atoms with van der Waals surface area (Å²) in [6.45, 7) is 0. The summed E-state index contributed by atoms with van der Waals surface area (Å²) in [7, 11) is 4.63. The Morgan fingerprint density at radius 1 is 1.16 bits per heavy atom. The largest absolute Gasteiger partial charge is 0.493 e. The molecule has 25 heavy (non-hydrogen) atoms. The van der Waals surface area contributed by atoms with Crippen molar-refractivity contribution in [1.82, 2.24) is 5.32 Å². The van der Waals surface area contributed by atoms with Gasteiger partial charge in [0, 0.05) is 12.5 Å². The zero-order valence-electron chi connectivity index (χ0n) is 14.5. The summed E-state index contributed by atoms with van der Waals surface area (Å²) in [5.74, 6) is 2.15. The molecular formula is C18H21N3O4. The highest BCUT2D eigenvalue weighted by Crippen LogP contribution is 2.25. The number of nitriles is 1. The molecule has 0 spiro atoms.